The highest BCUT2D eigenvalue weighted by atomic mass is 16.5. The van der Waals surface area contributed by atoms with E-state index >= 15 is 0 Å². The maximum Gasteiger partial charge on any atom is 0.142 e. The van der Waals surface area contributed by atoms with Crippen molar-refractivity contribution in [2.75, 3.05) is 19.8 Å². The molecule has 1 rings (SSSR count). The number of aliphatic hydroxyl groups is 1. The molecule has 20 heavy (non-hydrogen) atoms. The van der Waals surface area contributed by atoms with E-state index in [-0.39, 0.29) is 13.2 Å². The van der Waals surface area contributed by atoms with Crippen LogP contribution in [0.4, 0.5) is 0 Å². The van der Waals surface area contributed by atoms with Crippen molar-refractivity contribution in [1.82, 2.24) is 10.3 Å². The Morgan fingerprint density at radius 2 is 2.05 bits per heavy atom. The number of nitrogens with zero attached hydrogens (tertiary/aromatic N) is 1. The van der Waals surface area contributed by atoms with Crippen LogP contribution < -0.4 is 10.1 Å². The van der Waals surface area contributed by atoms with E-state index in [0.29, 0.717) is 24.9 Å². The lowest BCUT2D eigenvalue weighted by Crippen LogP contribution is -2.25. The van der Waals surface area contributed by atoms with Crippen molar-refractivity contribution in [1.29, 1.82) is 0 Å². The quantitative estimate of drug-likeness (QED) is 0.721. The Hall–Kier alpha value is -1.17. The molecule has 0 aliphatic heterocycles. The second kappa shape index (κ2) is 8.89. The van der Waals surface area contributed by atoms with E-state index < -0.39 is 6.10 Å². The minimum Gasteiger partial charge on any atom is -0.489 e. The van der Waals surface area contributed by atoms with Crippen molar-refractivity contribution in [3.8, 4) is 5.75 Å². The van der Waals surface area contributed by atoms with Gasteiger partial charge in [-0.25, -0.2) is 0 Å². The first kappa shape index (κ1) is 16.9. The number of aliphatic hydroxyl groups excluding tert-OH is 1. The molecule has 0 fully saturated rings. The molecule has 0 amide bonds. The second-order valence-corrected chi connectivity index (χ2v) is 5.06. The predicted octanol–water partition coefficient (Wildman–Crippen LogP) is 1.66. The van der Waals surface area contributed by atoms with Crippen LogP contribution in [0.25, 0.3) is 0 Å². The fourth-order valence-electron chi connectivity index (χ4n) is 1.64. The van der Waals surface area contributed by atoms with Gasteiger partial charge in [0, 0.05) is 24.9 Å². The molecule has 2 N–H and O–H groups in total. The normalized spacial score (nSPS) is 12.7. The Labute approximate surface area is 121 Å². The highest BCUT2D eigenvalue weighted by Crippen LogP contribution is 2.17. The van der Waals surface area contributed by atoms with E-state index in [1.54, 1.807) is 0 Å². The van der Waals surface area contributed by atoms with Crippen LogP contribution in [-0.2, 0) is 11.3 Å². The molecular weight excluding hydrogens is 256 g/mol. The fourth-order valence-corrected chi connectivity index (χ4v) is 1.64. The number of rotatable bonds is 9. The molecular formula is C15H26N2O3. The van der Waals surface area contributed by atoms with E-state index in [2.05, 4.69) is 24.1 Å². The van der Waals surface area contributed by atoms with Gasteiger partial charge in [-0.2, -0.15) is 0 Å². The van der Waals surface area contributed by atoms with Gasteiger partial charge < -0.3 is 19.9 Å². The Kier molecular flexibility index (Phi) is 7.51. The number of nitrogens with one attached hydrogen (secondary N) is 1. The fraction of sp³-hybridized carbons (Fsp3) is 0.667. The summed E-state index contributed by atoms with van der Waals surface area (Å²) >= 11 is 0. The largest absolute Gasteiger partial charge is 0.489 e. The lowest BCUT2D eigenvalue weighted by molar-refractivity contribution is 0.0161. The molecule has 0 saturated heterocycles. The van der Waals surface area contributed by atoms with Crippen molar-refractivity contribution < 1.29 is 14.6 Å². The van der Waals surface area contributed by atoms with Crippen LogP contribution in [0, 0.1) is 6.92 Å². The van der Waals surface area contributed by atoms with Crippen molar-refractivity contribution in [3.05, 3.63) is 23.5 Å². The van der Waals surface area contributed by atoms with Gasteiger partial charge in [-0.05, 0) is 26.0 Å². The van der Waals surface area contributed by atoms with Gasteiger partial charge in [0.1, 0.15) is 18.5 Å². The summed E-state index contributed by atoms with van der Waals surface area (Å²) in [7, 11) is 0. The third-order valence-corrected chi connectivity index (χ3v) is 2.69. The average Bonchev–Trinajstić information content (AvgIpc) is 2.41. The molecule has 0 aliphatic rings. The van der Waals surface area contributed by atoms with Gasteiger partial charge in [0.15, 0.2) is 0 Å². The van der Waals surface area contributed by atoms with Gasteiger partial charge in [-0.15, -0.1) is 0 Å². The minimum absolute atomic E-state index is 0.208. The van der Waals surface area contributed by atoms with Crippen molar-refractivity contribution in [2.24, 2.45) is 0 Å². The molecule has 0 aliphatic carbocycles. The Morgan fingerprint density at radius 1 is 1.30 bits per heavy atom. The summed E-state index contributed by atoms with van der Waals surface area (Å²) in [6.07, 6.45) is -0.623. The third-order valence-electron chi connectivity index (χ3n) is 2.69. The molecule has 1 atom stereocenters. The first-order valence-corrected chi connectivity index (χ1v) is 7.11. The van der Waals surface area contributed by atoms with Crippen molar-refractivity contribution in [3.63, 3.8) is 0 Å². The molecule has 0 radical (unpaired) electrons. The highest BCUT2D eigenvalue weighted by Gasteiger charge is 2.10. The maximum absolute atomic E-state index is 9.72. The average molecular weight is 282 g/mol. The van der Waals surface area contributed by atoms with Gasteiger partial charge in [0.2, 0.25) is 0 Å². The first-order chi connectivity index (χ1) is 9.52. The number of hydrogen-bond acceptors (Lipinski definition) is 5. The molecule has 1 unspecified atom stereocenters. The zero-order valence-corrected chi connectivity index (χ0v) is 12.8. The van der Waals surface area contributed by atoms with Gasteiger partial charge in [0.05, 0.1) is 12.3 Å². The second-order valence-electron chi connectivity index (χ2n) is 5.06. The molecule has 5 heteroatoms. The van der Waals surface area contributed by atoms with Crippen molar-refractivity contribution in [2.45, 2.75) is 46.4 Å². The topological polar surface area (TPSA) is 63.6 Å². The number of pyridine rings is 1. The van der Waals surface area contributed by atoms with Crippen LogP contribution in [0.3, 0.4) is 0 Å². The summed E-state index contributed by atoms with van der Waals surface area (Å²) in [5.41, 5.74) is 1.81. The summed E-state index contributed by atoms with van der Waals surface area (Å²) in [5.74, 6) is 0.708. The summed E-state index contributed by atoms with van der Waals surface area (Å²) in [6, 6.07) is 4.18. The van der Waals surface area contributed by atoms with E-state index in [1.807, 2.05) is 26.0 Å². The maximum atomic E-state index is 9.72. The third kappa shape index (κ3) is 6.32. The van der Waals surface area contributed by atoms with Crippen LogP contribution in [0.2, 0.25) is 0 Å². The SMILES string of the molecule is CCOCC(O)COc1ccc(C)nc1CNC(C)C. The van der Waals surface area contributed by atoms with E-state index in [1.165, 1.54) is 0 Å². The number of hydrogen-bond donors (Lipinski definition) is 2. The van der Waals surface area contributed by atoms with E-state index in [4.69, 9.17) is 9.47 Å². The van der Waals surface area contributed by atoms with Crippen LogP contribution in [0.1, 0.15) is 32.2 Å². The molecule has 114 valence electrons. The summed E-state index contributed by atoms with van der Waals surface area (Å²) in [6.45, 7) is 9.75. The van der Waals surface area contributed by atoms with Crippen LogP contribution in [0.15, 0.2) is 12.1 Å². The Bertz CT molecular complexity index is 397. The van der Waals surface area contributed by atoms with E-state index in [0.717, 1.165) is 11.4 Å². The van der Waals surface area contributed by atoms with E-state index in [9.17, 15) is 5.11 Å². The molecule has 0 bridgehead atoms. The molecule has 5 nitrogen and oxygen atoms in total. The monoisotopic (exact) mass is 282 g/mol. The first-order valence-electron chi connectivity index (χ1n) is 7.11. The minimum atomic E-state index is -0.623. The predicted molar refractivity (Wildman–Crippen MR) is 78.9 cm³/mol. The van der Waals surface area contributed by atoms with Crippen LogP contribution in [0.5, 0.6) is 5.75 Å². The summed E-state index contributed by atoms with van der Waals surface area (Å²) in [5, 5.41) is 13.0. The van der Waals surface area contributed by atoms with Gasteiger partial charge in [-0.1, -0.05) is 13.8 Å². The van der Waals surface area contributed by atoms with Crippen LogP contribution in [-0.4, -0.2) is 42.1 Å². The highest BCUT2D eigenvalue weighted by molar-refractivity contribution is 5.29. The lowest BCUT2D eigenvalue weighted by atomic mass is 10.2. The molecule has 1 heterocycles. The molecule has 1 aromatic rings. The molecule has 0 aromatic carbocycles. The zero-order valence-electron chi connectivity index (χ0n) is 12.8. The standard InChI is InChI=1S/C15H26N2O3/c1-5-19-9-13(18)10-20-15-7-6-12(4)17-14(15)8-16-11(2)3/h6-7,11,13,16,18H,5,8-10H2,1-4H3. The smallest absolute Gasteiger partial charge is 0.142 e. The van der Waals surface area contributed by atoms with Crippen molar-refractivity contribution >= 4 is 0 Å². The molecule has 0 saturated carbocycles. The zero-order chi connectivity index (χ0) is 15.0. The number of ether oxygens (including phenoxy) is 2. The molecule has 1 aromatic heterocycles. The lowest BCUT2D eigenvalue weighted by Gasteiger charge is -2.16. The van der Waals surface area contributed by atoms with Gasteiger partial charge >= 0.3 is 0 Å². The van der Waals surface area contributed by atoms with Crippen LogP contribution >= 0.6 is 0 Å². The summed E-state index contributed by atoms with van der Waals surface area (Å²) in [4.78, 5) is 4.48. The van der Waals surface area contributed by atoms with Gasteiger partial charge in [0.25, 0.3) is 0 Å². The summed E-state index contributed by atoms with van der Waals surface area (Å²) < 4.78 is 10.8. The molecule has 0 spiro atoms. The number of aryl methyl sites for hydroxylation is 1. The number of aromatic nitrogens is 1. The van der Waals surface area contributed by atoms with Gasteiger partial charge in [-0.3, -0.25) is 4.98 Å². The Morgan fingerprint density at radius 3 is 2.70 bits per heavy atom. The Balaban J connectivity index is 2.59.